The average molecular weight is 458 g/mol. The zero-order chi connectivity index (χ0) is 23.0. The van der Waals surface area contributed by atoms with Crippen LogP contribution in [-0.2, 0) is 4.74 Å². The van der Waals surface area contributed by atoms with Gasteiger partial charge < -0.3 is 19.6 Å². The molecule has 0 atom stereocenters. The van der Waals surface area contributed by atoms with Crippen molar-refractivity contribution in [3.8, 4) is 10.6 Å². The Morgan fingerprint density at radius 1 is 1.12 bits per heavy atom. The van der Waals surface area contributed by atoms with Crippen LogP contribution in [0.15, 0.2) is 35.1 Å². The van der Waals surface area contributed by atoms with Crippen molar-refractivity contribution in [2.24, 2.45) is 0 Å². The predicted molar refractivity (Wildman–Crippen MR) is 120 cm³/mol. The van der Waals surface area contributed by atoms with Gasteiger partial charge in [-0.15, -0.1) is 0 Å². The van der Waals surface area contributed by atoms with Crippen LogP contribution in [0.25, 0.3) is 15.5 Å². The molecule has 3 heterocycles. The second kappa shape index (κ2) is 8.23. The summed E-state index contributed by atoms with van der Waals surface area (Å²) in [6, 6.07) is 7.89. The fourth-order valence-electron chi connectivity index (χ4n) is 3.37. The van der Waals surface area contributed by atoms with Gasteiger partial charge in [0.1, 0.15) is 16.4 Å². The molecule has 32 heavy (non-hydrogen) atoms. The van der Waals surface area contributed by atoms with Crippen molar-refractivity contribution in [2.75, 3.05) is 31.1 Å². The van der Waals surface area contributed by atoms with Gasteiger partial charge in [0.25, 0.3) is 5.56 Å². The number of aromatic carboxylic acids is 1. The lowest BCUT2D eigenvalue weighted by Crippen LogP contribution is -2.50. The van der Waals surface area contributed by atoms with Gasteiger partial charge in [-0.3, -0.25) is 4.79 Å². The van der Waals surface area contributed by atoms with E-state index in [4.69, 9.17) is 4.74 Å². The lowest BCUT2D eigenvalue weighted by Gasteiger charge is -2.36. The largest absolute Gasteiger partial charge is 0.478 e. The van der Waals surface area contributed by atoms with Crippen LogP contribution >= 0.6 is 11.3 Å². The van der Waals surface area contributed by atoms with Gasteiger partial charge in [0.05, 0.1) is 5.56 Å². The van der Waals surface area contributed by atoms with E-state index >= 15 is 0 Å². The van der Waals surface area contributed by atoms with Crippen LogP contribution in [0.3, 0.4) is 0 Å². The first-order valence-electron chi connectivity index (χ1n) is 10.1. The van der Waals surface area contributed by atoms with Crippen LogP contribution in [0.1, 0.15) is 31.1 Å². The van der Waals surface area contributed by atoms with Gasteiger partial charge in [-0.1, -0.05) is 23.5 Å². The van der Waals surface area contributed by atoms with Crippen molar-refractivity contribution in [3.63, 3.8) is 0 Å². The minimum absolute atomic E-state index is 0.155. The molecule has 1 aliphatic rings. The summed E-state index contributed by atoms with van der Waals surface area (Å²) in [7, 11) is 0. The number of hydrogen-bond donors (Lipinski definition) is 1. The number of carbonyl (C=O) groups excluding carboxylic acids is 1. The molecule has 1 N–H and O–H groups in total. The summed E-state index contributed by atoms with van der Waals surface area (Å²) < 4.78 is 7.03. The molecule has 1 aromatic carbocycles. The number of anilines is 1. The quantitative estimate of drug-likeness (QED) is 0.638. The first-order valence-corrected chi connectivity index (χ1v) is 10.9. The summed E-state index contributed by atoms with van der Waals surface area (Å²) in [5.41, 5.74) is -0.159. The number of ether oxygens (including phenoxy) is 1. The van der Waals surface area contributed by atoms with Crippen LogP contribution < -0.4 is 10.5 Å². The standard InChI is InChI=1S/C21H23N5O5S/c1-21(2,3)31-20(30)25-9-7-24(8-10-25)16-12-15(27)22-19-26(16)23-17(32-19)13-5-4-6-14(11-13)18(28)29/h4-6,11-12H,7-10H2,1-3H3,(H,28,29). The minimum Gasteiger partial charge on any atom is -0.478 e. The topological polar surface area (TPSA) is 117 Å². The minimum atomic E-state index is -1.02. The molecule has 0 radical (unpaired) electrons. The molecule has 4 rings (SSSR count). The summed E-state index contributed by atoms with van der Waals surface area (Å²) in [4.78, 5) is 43.9. The van der Waals surface area contributed by atoms with Crippen molar-refractivity contribution in [2.45, 2.75) is 26.4 Å². The zero-order valence-corrected chi connectivity index (χ0v) is 18.8. The summed E-state index contributed by atoms with van der Waals surface area (Å²) >= 11 is 1.21. The van der Waals surface area contributed by atoms with Crippen molar-refractivity contribution in [1.29, 1.82) is 0 Å². The number of amides is 1. The molecule has 3 aromatic rings. The fourth-order valence-corrected chi connectivity index (χ4v) is 4.27. The normalized spacial score (nSPS) is 14.6. The van der Waals surface area contributed by atoms with E-state index in [1.54, 1.807) is 21.5 Å². The number of hydrogen-bond acceptors (Lipinski definition) is 8. The van der Waals surface area contributed by atoms with Crippen LogP contribution in [0.2, 0.25) is 0 Å². The van der Waals surface area contributed by atoms with E-state index < -0.39 is 11.6 Å². The molecule has 0 spiro atoms. The molecular weight excluding hydrogens is 434 g/mol. The predicted octanol–water partition coefficient (Wildman–Crippen LogP) is 2.57. The summed E-state index contributed by atoms with van der Waals surface area (Å²) in [5, 5.41) is 14.4. The summed E-state index contributed by atoms with van der Waals surface area (Å²) in [6.45, 7) is 7.39. The summed E-state index contributed by atoms with van der Waals surface area (Å²) in [6.07, 6.45) is -0.358. The molecule has 1 fully saturated rings. The first kappa shape index (κ1) is 21.8. The molecule has 1 amide bonds. The molecule has 0 bridgehead atoms. The molecule has 1 aliphatic heterocycles. The highest BCUT2D eigenvalue weighted by Gasteiger charge is 2.27. The van der Waals surface area contributed by atoms with Crippen LogP contribution in [0.4, 0.5) is 10.6 Å². The third-order valence-electron chi connectivity index (χ3n) is 4.85. The first-order chi connectivity index (χ1) is 15.1. The smallest absolute Gasteiger partial charge is 0.410 e. The Kier molecular flexibility index (Phi) is 5.59. The second-order valence-corrected chi connectivity index (χ2v) is 9.35. The van der Waals surface area contributed by atoms with Gasteiger partial charge in [-0.2, -0.15) is 14.6 Å². The molecule has 2 aromatic heterocycles. The number of rotatable bonds is 3. The average Bonchev–Trinajstić information content (AvgIpc) is 3.16. The Morgan fingerprint density at radius 2 is 1.84 bits per heavy atom. The van der Waals surface area contributed by atoms with Crippen molar-refractivity contribution in [1.82, 2.24) is 19.5 Å². The molecule has 11 heteroatoms. The van der Waals surface area contributed by atoms with E-state index in [0.717, 1.165) is 0 Å². The fraction of sp³-hybridized carbons (Fsp3) is 0.381. The highest BCUT2D eigenvalue weighted by molar-refractivity contribution is 7.19. The maximum atomic E-state index is 12.3. The maximum absolute atomic E-state index is 12.3. The van der Waals surface area contributed by atoms with E-state index in [1.165, 1.54) is 29.5 Å². The van der Waals surface area contributed by atoms with E-state index in [9.17, 15) is 19.5 Å². The molecule has 0 unspecified atom stereocenters. The van der Waals surface area contributed by atoms with Crippen molar-refractivity contribution < 1.29 is 19.4 Å². The number of carboxylic acids is 1. The summed E-state index contributed by atoms with van der Waals surface area (Å²) in [5.74, 6) is -0.440. The Bertz CT molecular complexity index is 1240. The Labute approximate surface area is 187 Å². The Balaban J connectivity index is 1.60. The third kappa shape index (κ3) is 4.57. The van der Waals surface area contributed by atoms with Gasteiger partial charge in [0, 0.05) is 37.8 Å². The SMILES string of the molecule is CC(C)(C)OC(=O)N1CCN(c2cc(=O)nc3sc(-c4cccc(C(=O)O)c4)nn23)CC1. The number of fused-ring (bicyclic) bond motifs is 1. The van der Waals surface area contributed by atoms with E-state index in [2.05, 4.69) is 10.1 Å². The van der Waals surface area contributed by atoms with E-state index in [-0.39, 0.29) is 17.2 Å². The Morgan fingerprint density at radius 3 is 2.50 bits per heavy atom. The molecule has 0 saturated carbocycles. The van der Waals surface area contributed by atoms with Crippen molar-refractivity contribution >= 4 is 34.2 Å². The molecule has 168 valence electrons. The monoisotopic (exact) mass is 457 g/mol. The van der Waals surface area contributed by atoms with Crippen LogP contribution in [0.5, 0.6) is 0 Å². The van der Waals surface area contributed by atoms with Crippen LogP contribution in [0, 0.1) is 0 Å². The molecule has 1 saturated heterocycles. The van der Waals surface area contributed by atoms with Crippen LogP contribution in [-0.4, -0.2) is 68.4 Å². The van der Waals surface area contributed by atoms with Gasteiger partial charge in [0.2, 0.25) is 4.96 Å². The van der Waals surface area contributed by atoms with Crippen molar-refractivity contribution in [3.05, 3.63) is 46.2 Å². The number of carboxylic acid groups (broad SMARTS) is 1. The van der Waals surface area contributed by atoms with Gasteiger partial charge in [-0.05, 0) is 32.9 Å². The highest BCUT2D eigenvalue weighted by Crippen LogP contribution is 2.28. The molecule has 10 nitrogen and oxygen atoms in total. The number of piperazine rings is 1. The Hall–Kier alpha value is -3.47. The highest BCUT2D eigenvalue weighted by atomic mass is 32.1. The maximum Gasteiger partial charge on any atom is 0.410 e. The molecule has 0 aliphatic carbocycles. The lowest BCUT2D eigenvalue weighted by atomic mass is 10.1. The number of benzene rings is 1. The van der Waals surface area contributed by atoms with Gasteiger partial charge >= 0.3 is 12.1 Å². The second-order valence-electron chi connectivity index (χ2n) is 8.39. The number of carbonyl (C=O) groups is 2. The third-order valence-corrected chi connectivity index (χ3v) is 5.80. The van der Waals surface area contributed by atoms with E-state index in [0.29, 0.717) is 47.5 Å². The van der Waals surface area contributed by atoms with Gasteiger partial charge in [0.15, 0.2) is 0 Å². The number of nitrogens with zero attached hydrogens (tertiary/aromatic N) is 5. The molecular formula is C21H23N5O5S. The zero-order valence-electron chi connectivity index (χ0n) is 17.9. The lowest BCUT2D eigenvalue weighted by molar-refractivity contribution is 0.0240. The van der Waals surface area contributed by atoms with Gasteiger partial charge in [-0.25, -0.2) is 9.59 Å². The van der Waals surface area contributed by atoms with E-state index in [1.807, 2.05) is 25.7 Å². The number of aromatic nitrogens is 3.